The summed E-state index contributed by atoms with van der Waals surface area (Å²) < 4.78 is 2.08. The molecule has 1 aliphatic carbocycles. The molecule has 0 aliphatic heterocycles. The summed E-state index contributed by atoms with van der Waals surface area (Å²) in [7, 11) is 0. The van der Waals surface area contributed by atoms with Gasteiger partial charge in [0.1, 0.15) is 4.47 Å². The largest absolute Gasteiger partial charge is 0.377 e. The normalized spacial score (nSPS) is 14.6. The lowest BCUT2D eigenvalue weighted by atomic mass is 10.4. The average molecular weight is 341 g/mol. The van der Waals surface area contributed by atoms with Gasteiger partial charge in [-0.05, 0) is 34.7 Å². The quantitative estimate of drug-likeness (QED) is 0.908. The first-order valence-corrected chi connectivity index (χ1v) is 7.84. The molecule has 0 saturated heterocycles. The Morgan fingerprint density at radius 1 is 1.53 bits per heavy atom. The van der Waals surface area contributed by atoms with Crippen molar-refractivity contribution in [1.29, 1.82) is 0 Å². The summed E-state index contributed by atoms with van der Waals surface area (Å²) >= 11 is 4.91. The number of anilines is 1. The third-order valence-corrected chi connectivity index (χ3v) is 4.46. The Morgan fingerprint density at radius 3 is 3.05 bits per heavy atom. The van der Waals surface area contributed by atoms with E-state index in [0.29, 0.717) is 22.6 Å². The molecule has 0 bridgehead atoms. The third-order valence-electron chi connectivity index (χ3n) is 3.06. The van der Waals surface area contributed by atoms with E-state index >= 15 is 0 Å². The van der Waals surface area contributed by atoms with Gasteiger partial charge in [0, 0.05) is 11.9 Å². The Kier molecular flexibility index (Phi) is 3.65. The maximum atomic E-state index is 12.1. The molecule has 0 radical (unpaired) electrons. The van der Waals surface area contributed by atoms with Crippen molar-refractivity contribution in [2.75, 3.05) is 5.32 Å². The molecule has 0 spiro atoms. The maximum Gasteiger partial charge on any atom is 0.283 e. The SMILES string of the molecule is O=c1c(Br)c(NCc2cscn2)cnn1CC1CC1. The van der Waals surface area contributed by atoms with E-state index < -0.39 is 0 Å². The van der Waals surface area contributed by atoms with Gasteiger partial charge in [0.2, 0.25) is 0 Å². The molecule has 2 aromatic rings. The first-order valence-electron chi connectivity index (χ1n) is 6.10. The summed E-state index contributed by atoms with van der Waals surface area (Å²) in [6.07, 6.45) is 4.10. The molecule has 1 N–H and O–H groups in total. The molecule has 2 heterocycles. The van der Waals surface area contributed by atoms with Crippen LogP contribution in [0.4, 0.5) is 5.69 Å². The molecular formula is C12H13BrN4OS. The van der Waals surface area contributed by atoms with Gasteiger partial charge in [-0.3, -0.25) is 4.79 Å². The summed E-state index contributed by atoms with van der Waals surface area (Å²) in [4.78, 5) is 16.3. The zero-order valence-corrected chi connectivity index (χ0v) is 12.6. The number of thiazole rings is 1. The molecule has 19 heavy (non-hydrogen) atoms. The highest BCUT2D eigenvalue weighted by atomic mass is 79.9. The third kappa shape index (κ3) is 3.03. The molecule has 5 nitrogen and oxygen atoms in total. The predicted molar refractivity (Wildman–Crippen MR) is 78.4 cm³/mol. The molecule has 0 amide bonds. The van der Waals surface area contributed by atoms with Crippen LogP contribution in [0.2, 0.25) is 0 Å². The van der Waals surface area contributed by atoms with Gasteiger partial charge in [0.05, 0.1) is 29.6 Å². The zero-order chi connectivity index (χ0) is 13.2. The van der Waals surface area contributed by atoms with Crippen LogP contribution in [0.15, 0.2) is 26.4 Å². The number of nitrogens with one attached hydrogen (secondary N) is 1. The van der Waals surface area contributed by atoms with Crippen molar-refractivity contribution in [3.63, 3.8) is 0 Å². The maximum absolute atomic E-state index is 12.1. The lowest BCUT2D eigenvalue weighted by Gasteiger charge is -2.09. The Bertz CT molecular complexity index is 621. The second-order valence-electron chi connectivity index (χ2n) is 4.64. The van der Waals surface area contributed by atoms with Crippen LogP contribution in [0.3, 0.4) is 0 Å². The molecular weight excluding hydrogens is 328 g/mol. The molecule has 0 unspecified atom stereocenters. The number of hydrogen-bond donors (Lipinski definition) is 1. The van der Waals surface area contributed by atoms with Crippen LogP contribution in [0, 0.1) is 5.92 Å². The number of hydrogen-bond acceptors (Lipinski definition) is 5. The van der Waals surface area contributed by atoms with Crippen LogP contribution in [0.1, 0.15) is 18.5 Å². The summed E-state index contributed by atoms with van der Waals surface area (Å²) in [5.41, 5.74) is 3.39. The van der Waals surface area contributed by atoms with Crippen LogP contribution in [0.5, 0.6) is 0 Å². The minimum absolute atomic E-state index is 0.0739. The van der Waals surface area contributed by atoms with Gasteiger partial charge in [-0.1, -0.05) is 0 Å². The molecule has 7 heteroatoms. The van der Waals surface area contributed by atoms with Crippen LogP contribution >= 0.6 is 27.3 Å². The topological polar surface area (TPSA) is 59.8 Å². The van der Waals surface area contributed by atoms with Gasteiger partial charge < -0.3 is 5.32 Å². The van der Waals surface area contributed by atoms with Gasteiger partial charge in [0.15, 0.2) is 0 Å². The van der Waals surface area contributed by atoms with Crippen molar-refractivity contribution in [3.05, 3.63) is 37.6 Å². The fraction of sp³-hybridized carbons (Fsp3) is 0.417. The Balaban J connectivity index is 1.74. The molecule has 3 rings (SSSR count). The molecule has 1 aliphatic rings. The molecule has 2 aromatic heterocycles. The average Bonchev–Trinajstić information content (AvgIpc) is 3.07. The number of aromatic nitrogens is 3. The summed E-state index contributed by atoms with van der Waals surface area (Å²) in [5, 5.41) is 9.36. The van der Waals surface area contributed by atoms with Crippen molar-refractivity contribution in [1.82, 2.24) is 14.8 Å². The van der Waals surface area contributed by atoms with Gasteiger partial charge in [-0.2, -0.15) is 5.10 Å². The fourth-order valence-electron chi connectivity index (χ4n) is 1.77. The van der Waals surface area contributed by atoms with Gasteiger partial charge in [0.25, 0.3) is 5.56 Å². The molecule has 0 aromatic carbocycles. The highest BCUT2D eigenvalue weighted by molar-refractivity contribution is 9.10. The van der Waals surface area contributed by atoms with Crippen LogP contribution < -0.4 is 10.9 Å². The van der Waals surface area contributed by atoms with Gasteiger partial charge in [-0.15, -0.1) is 11.3 Å². The molecule has 1 fully saturated rings. The van der Waals surface area contributed by atoms with Crippen molar-refractivity contribution in [3.8, 4) is 0 Å². The molecule has 1 saturated carbocycles. The number of rotatable bonds is 5. The van der Waals surface area contributed by atoms with E-state index in [-0.39, 0.29) is 5.56 Å². The summed E-state index contributed by atoms with van der Waals surface area (Å²) in [6, 6.07) is 0. The van der Waals surface area contributed by atoms with E-state index in [1.807, 2.05) is 5.38 Å². The minimum Gasteiger partial charge on any atom is -0.377 e. The van der Waals surface area contributed by atoms with Crippen molar-refractivity contribution >= 4 is 33.0 Å². The second-order valence-corrected chi connectivity index (χ2v) is 6.15. The fourth-order valence-corrected chi connectivity index (χ4v) is 2.78. The Hall–Kier alpha value is -1.21. The van der Waals surface area contributed by atoms with Gasteiger partial charge in [-0.25, -0.2) is 9.67 Å². The number of nitrogens with zero attached hydrogens (tertiary/aromatic N) is 3. The van der Waals surface area contributed by atoms with E-state index in [0.717, 1.165) is 12.2 Å². The van der Waals surface area contributed by atoms with E-state index in [1.165, 1.54) is 17.5 Å². The van der Waals surface area contributed by atoms with E-state index in [2.05, 4.69) is 31.3 Å². The zero-order valence-electron chi connectivity index (χ0n) is 10.2. The predicted octanol–water partition coefficient (Wildman–Crippen LogP) is 2.48. The smallest absolute Gasteiger partial charge is 0.283 e. The number of halogens is 1. The van der Waals surface area contributed by atoms with Crippen LogP contribution in [-0.2, 0) is 13.1 Å². The Morgan fingerprint density at radius 2 is 2.37 bits per heavy atom. The van der Waals surface area contributed by atoms with E-state index in [1.54, 1.807) is 23.0 Å². The van der Waals surface area contributed by atoms with Crippen molar-refractivity contribution < 1.29 is 0 Å². The molecule has 100 valence electrons. The monoisotopic (exact) mass is 340 g/mol. The van der Waals surface area contributed by atoms with Crippen molar-refractivity contribution in [2.45, 2.75) is 25.9 Å². The lowest BCUT2D eigenvalue weighted by Crippen LogP contribution is -2.25. The van der Waals surface area contributed by atoms with E-state index in [9.17, 15) is 4.79 Å². The first kappa shape index (κ1) is 12.8. The molecule has 0 atom stereocenters. The highest BCUT2D eigenvalue weighted by Gasteiger charge is 2.23. The van der Waals surface area contributed by atoms with Crippen LogP contribution in [0.25, 0.3) is 0 Å². The van der Waals surface area contributed by atoms with Gasteiger partial charge >= 0.3 is 0 Å². The van der Waals surface area contributed by atoms with E-state index in [4.69, 9.17) is 0 Å². The van der Waals surface area contributed by atoms with Crippen molar-refractivity contribution in [2.24, 2.45) is 5.92 Å². The summed E-state index contributed by atoms with van der Waals surface area (Å²) in [6.45, 7) is 1.32. The first-order chi connectivity index (χ1) is 9.24. The second kappa shape index (κ2) is 5.42. The highest BCUT2D eigenvalue weighted by Crippen LogP contribution is 2.30. The standard InChI is InChI=1S/C12H13BrN4OS/c13-11-10(14-3-9-6-19-7-15-9)4-16-17(12(11)18)5-8-1-2-8/h4,6-8,14H,1-3,5H2. The Labute approximate surface area is 122 Å². The minimum atomic E-state index is -0.0739. The lowest BCUT2D eigenvalue weighted by molar-refractivity contribution is 0.532. The summed E-state index contributed by atoms with van der Waals surface area (Å²) in [5.74, 6) is 0.630. The van der Waals surface area contributed by atoms with Crippen LogP contribution in [-0.4, -0.2) is 14.8 Å².